The van der Waals surface area contributed by atoms with Gasteiger partial charge in [-0.3, -0.25) is 4.18 Å². The van der Waals surface area contributed by atoms with Crippen LogP contribution in [0.25, 0.3) is 0 Å². The molecule has 68 valence electrons. The van der Waals surface area contributed by atoms with Crippen molar-refractivity contribution in [1.82, 2.24) is 0 Å². The summed E-state index contributed by atoms with van der Waals surface area (Å²) in [5, 5.41) is 0. The standard InChI is InChI=1S/C7H16O2S2/c1-6(7(2,3)4)9-11(5,8)10/h6H,1-5H3. The lowest BCUT2D eigenvalue weighted by Crippen LogP contribution is -2.27. The Morgan fingerprint density at radius 1 is 1.45 bits per heavy atom. The van der Waals surface area contributed by atoms with Crippen LogP contribution in [0.5, 0.6) is 0 Å². The highest BCUT2D eigenvalue weighted by molar-refractivity contribution is 8.29. The van der Waals surface area contributed by atoms with Crippen molar-refractivity contribution in [2.75, 3.05) is 6.26 Å². The molecule has 2 atom stereocenters. The van der Waals surface area contributed by atoms with Crippen LogP contribution in [0.3, 0.4) is 0 Å². The second kappa shape index (κ2) is 3.37. The summed E-state index contributed by atoms with van der Waals surface area (Å²) in [4.78, 5) is 0. The van der Waals surface area contributed by atoms with E-state index in [0.717, 1.165) is 0 Å². The van der Waals surface area contributed by atoms with Crippen LogP contribution in [-0.4, -0.2) is 16.6 Å². The van der Waals surface area contributed by atoms with Crippen molar-refractivity contribution in [2.24, 2.45) is 5.41 Å². The maximum absolute atomic E-state index is 11.0. The van der Waals surface area contributed by atoms with Crippen molar-refractivity contribution < 1.29 is 8.39 Å². The molecule has 0 bridgehead atoms. The molecule has 0 saturated carbocycles. The Hall–Kier alpha value is 0.330. The fraction of sp³-hybridized carbons (Fsp3) is 1.00. The lowest BCUT2D eigenvalue weighted by molar-refractivity contribution is 0.119. The Labute approximate surface area is 74.2 Å². The maximum Gasteiger partial charge on any atom is 0.141 e. The molecule has 0 aliphatic carbocycles. The fourth-order valence-corrected chi connectivity index (χ4v) is 1.57. The lowest BCUT2D eigenvalue weighted by atomic mass is 9.91. The third-order valence-electron chi connectivity index (χ3n) is 1.54. The molecule has 0 aromatic rings. The lowest BCUT2D eigenvalue weighted by Gasteiger charge is -2.26. The minimum atomic E-state index is -2.47. The molecule has 0 aromatic heterocycles. The monoisotopic (exact) mass is 196 g/mol. The maximum atomic E-state index is 11.0. The van der Waals surface area contributed by atoms with E-state index in [2.05, 4.69) is 11.2 Å². The van der Waals surface area contributed by atoms with Crippen molar-refractivity contribution in [1.29, 1.82) is 0 Å². The van der Waals surface area contributed by atoms with Crippen LogP contribution in [0.1, 0.15) is 27.7 Å². The first-order valence-corrected chi connectivity index (χ1v) is 6.33. The molecule has 0 aliphatic rings. The highest BCUT2D eigenvalue weighted by atomic mass is 32.8. The molecule has 0 radical (unpaired) electrons. The van der Waals surface area contributed by atoms with E-state index in [1.807, 2.05) is 27.7 Å². The Bertz CT molecular complexity index is 211. The van der Waals surface area contributed by atoms with Gasteiger partial charge in [-0.05, 0) is 12.3 Å². The predicted octanol–water partition coefficient (Wildman–Crippen LogP) is 1.73. The van der Waals surface area contributed by atoms with E-state index in [9.17, 15) is 4.21 Å². The number of hydrogen-bond donors (Lipinski definition) is 0. The molecule has 0 aromatic carbocycles. The molecular formula is C7H16O2S2. The molecular weight excluding hydrogens is 180 g/mol. The van der Waals surface area contributed by atoms with E-state index >= 15 is 0 Å². The zero-order valence-corrected chi connectivity index (χ0v) is 9.34. The van der Waals surface area contributed by atoms with E-state index in [0.29, 0.717) is 0 Å². The van der Waals surface area contributed by atoms with Crippen molar-refractivity contribution in [2.45, 2.75) is 33.8 Å². The van der Waals surface area contributed by atoms with Gasteiger partial charge in [-0.2, -0.15) is 0 Å². The summed E-state index contributed by atoms with van der Waals surface area (Å²) in [7, 11) is -2.47. The average Bonchev–Trinajstić information content (AvgIpc) is 1.56. The molecule has 0 aliphatic heterocycles. The van der Waals surface area contributed by atoms with E-state index in [1.165, 1.54) is 6.26 Å². The van der Waals surface area contributed by atoms with Gasteiger partial charge < -0.3 is 0 Å². The van der Waals surface area contributed by atoms with Gasteiger partial charge in [0.15, 0.2) is 0 Å². The fourth-order valence-electron chi connectivity index (χ4n) is 0.407. The first kappa shape index (κ1) is 11.3. The Morgan fingerprint density at radius 3 is 1.91 bits per heavy atom. The average molecular weight is 196 g/mol. The molecule has 2 unspecified atom stereocenters. The van der Waals surface area contributed by atoms with Gasteiger partial charge in [0.2, 0.25) is 0 Å². The normalized spacial score (nSPS) is 20.8. The smallest absolute Gasteiger partial charge is 0.141 e. The summed E-state index contributed by atoms with van der Waals surface area (Å²) < 4.78 is 16.2. The quantitative estimate of drug-likeness (QED) is 0.673. The molecule has 0 rings (SSSR count). The summed E-state index contributed by atoms with van der Waals surface area (Å²) in [6.45, 7) is 7.96. The molecule has 0 saturated heterocycles. The van der Waals surface area contributed by atoms with Gasteiger partial charge in [-0.25, -0.2) is 4.21 Å². The van der Waals surface area contributed by atoms with Crippen LogP contribution >= 0.6 is 0 Å². The zero-order chi connectivity index (χ0) is 9.28. The first-order valence-electron chi connectivity index (χ1n) is 3.51. The first-order chi connectivity index (χ1) is 4.63. The highest BCUT2D eigenvalue weighted by Crippen LogP contribution is 2.22. The summed E-state index contributed by atoms with van der Waals surface area (Å²) in [5.41, 5.74) is -0.00250. The van der Waals surface area contributed by atoms with Gasteiger partial charge in [0.1, 0.15) is 8.77 Å². The van der Waals surface area contributed by atoms with Crippen molar-refractivity contribution >= 4 is 20.0 Å². The molecule has 0 N–H and O–H groups in total. The van der Waals surface area contributed by atoms with Crippen molar-refractivity contribution in [3.05, 3.63) is 0 Å². The third-order valence-corrected chi connectivity index (χ3v) is 2.41. The van der Waals surface area contributed by atoms with E-state index in [-0.39, 0.29) is 11.5 Å². The topological polar surface area (TPSA) is 26.3 Å². The van der Waals surface area contributed by atoms with Crippen LogP contribution in [-0.2, 0) is 24.1 Å². The van der Waals surface area contributed by atoms with Crippen LogP contribution in [0.15, 0.2) is 0 Å². The number of rotatable bonds is 2. The molecule has 2 nitrogen and oxygen atoms in total. The van der Waals surface area contributed by atoms with Crippen molar-refractivity contribution in [3.63, 3.8) is 0 Å². The van der Waals surface area contributed by atoms with Gasteiger partial charge in [0, 0.05) is 17.4 Å². The van der Waals surface area contributed by atoms with Gasteiger partial charge in [-0.15, -0.1) is 0 Å². The van der Waals surface area contributed by atoms with Gasteiger partial charge >= 0.3 is 0 Å². The van der Waals surface area contributed by atoms with Gasteiger partial charge in [-0.1, -0.05) is 20.8 Å². The highest BCUT2D eigenvalue weighted by Gasteiger charge is 2.22. The Kier molecular flexibility index (Phi) is 3.47. The summed E-state index contributed by atoms with van der Waals surface area (Å²) in [5.74, 6) is 0. The minimum absolute atomic E-state index is 0.00250. The summed E-state index contributed by atoms with van der Waals surface area (Å²) in [6, 6.07) is 0. The summed E-state index contributed by atoms with van der Waals surface area (Å²) in [6.07, 6.45) is 1.36. The zero-order valence-electron chi connectivity index (χ0n) is 7.71. The van der Waals surface area contributed by atoms with Crippen LogP contribution < -0.4 is 0 Å². The van der Waals surface area contributed by atoms with Crippen LogP contribution in [0.4, 0.5) is 0 Å². The molecule has 11 heavy (non-hydrogen) atoms. The Morgan fingerprint density at radius 2 is 1.82 bits per heavy atom. The molecule has 0 fully saturated rings. The Balaban J connectivity index is 4.21. The SMILES string of the molecule is CC(OS(C)(=O)=S)C(C)(C)C. The van der Waals surface area contributed by atoms with Crippen LogP contribution in [0.2, 0.25) is 0 Å². The van der Waals surface area contributed by atoms with Gasteiger partial charge in [0.05, 0.1) is 6.10 Å². The second-order valence-electron chi connectivity index (χ2n) is 3.81. The van der Waals surface area contributed by atoms with Crippen LogP contribution in [0, 0.1) is 5.41 Å². The van der Waals surface area contributed by atoms with Crippen molar-refractivity contribution in [3.8, 4) is 0 Å². The third kappa shape index (κ3) is 5.58. The van der Waals surface area contributed by atoms with E-state index in [1.54, 1.807) is 0 Å². The largest absolute Gasteiger partial charge is 0.287 e. The minimum Gasteiger partial charge on any atom is -0.287 e. The summed E-state index contributed by atoms with van der Waals surface area (Å²) >= 11 is 4.64. The molecule has 0 amide bonds. The van der Waals surface area contributed by atoms with E-state index < -0.39 is 8.77 Å². The molecule has 0 heterocycles. The van der Waals surface area contributed by atoms with Gasteiger partial charge in [0.25, 0.3) is 0 Å². The van der Waals surface area contributed by atoms with E-state index in [4.69, 9.17) is 4.18 Å². The second-order valence-corrected chi connectivity index (χ2v) is 7.23. The molecule has 4 heteroatoms. The predicted molar refractivity (Wildman–Crippen MR) is 51.4 cm³/mol. The molecule has 0 spiro atoms. The number of hydrogen-bond acceptors (Lipinski definition) is 3.